The van der Waals surface area contributed by atoms with Gasteiger partial charge >= 0.3 is 0 Å². The van der Waals surface area contributed by atoms with Crippen molar-refractivity contribution in [3.8, 4) is 43.8 Å². The summed E-state index contributed by atoms with van der Waals surface area (Å²) in [5.41, 5.74) is 11.9. The molecule has 10 rings (SSSR count). The lowest BCUT2D eigenvalue weighted by Gasteiger charge is -2.23. The van der Waals surface area contributed by atoms with E-state index in [2.05, 4.69) is 172 Å². The molecule has 0 atom stereocenters. The van der Waals surface area contributed by atoms with Crippen LogP contribution in [-0.2, 0) is 5.41 Å². The summed E-state index contributed by atoms with van der Waals surface area (Å²) >= 11 is 1.94. The number of fused-ring (bicyclic) bond motifs is 8. The molecule has 0 N–H and O–H groups in total. The van der Waals surface area contributed by atoms with Gasteiger partial charge in [-0.1, -0.05) is 159 Å². The maximum Gasteiger partial charge on any atom is 0.0399 e. The molecule has 48 heavy (non-hydrogen) atoms. The van der Waals surface area contributed by atoms with E-state index in [0.717, 1.165) is 0 Å². The van der Waals surface area contributed by atoms with Crippen molar-refractivity contribution in [3.05, 3.63) is 169 Å². The normalized spacial score (nSPS) is 13.4. The van der Waals surface area contributed by atoms with Crippen LogP contribution in [0, 0.1) is 0 Å². The molecule has 1 heteroatoms. The van der Waals surface area contributed by atoms with E-state index < -0.39 is 0 Å². The maximum atomic E-state index is 2.49. The second-order valence-corrected chi connectivity index (χ2v) is 14.7. The fourth-order valence-electron chi connectivity index (χ4n) is 8.45. The van der Waals surface area contributed by atoms with Gasteiger partial charge in [-0.25, -0.2) is 0 Å². The number of thiophene rings is 1. The number of benzene rings is 8. The Morgan fingerprint density at radius 1 is 0.417 bits per heavy atom. The highest BCUT2D eigenvalue weighted by atomic mass is 32.1. The highest BCUT2D eigenvalue weighted by Crippen LogP contribution is 2.56. The molecule has 9 aromatic rings. The third kappa shape index (κ3) is 3.89. The summed E-state index contributed by atoms with van der Waals surface area (Å²) in [6.45, 7) is 4.81. The standard InChI is InChI=1S/C47H32S/c1-47(2)41-28-32(26-27-39(41)46-45(47)40-19-9-10-21-42(40)48-46)44-37-17-7-5-15-35(37)43(36-16-6-8-18-38(36)44)31-24-22-30(23-25-31)34-20-11-13-29-12-3-4-14-33(29)34/h3-28H,1-2H3. The van der Waals surface area contributed by atoms with Crippen LogP contribution in [0.3, 0.4) is 0 Å². The van der Waals surface area contributed by atoms with Crippen LogP contribution in [0.15, 0.2) is 158 Å². The first-order valence-electron chi connectivity index (χ1n) is 16.8. The molecular weight excluding hydrogens is 597 g/mol. The van der Waals surface area contributed by atoms with E-state index in [9.17, 15) is 0 Å². The van der Waals surface area contributed by atoms with Crippen molar-refractivity contribution in [2.75, 3.05) is 0 Å². The molecule has 0 saturated carbocycles. The zero-order valence-electron chi connectivity index (χ0n) is 26.9. The van der Waals surface area contributed by atoms with Gasteiger partial charge in [-0.15, -0.1) is 11.3 Å². The topological polar surface area (TPSA) is 0 Å². The fourth-order valence-corrected chi connectivity index (χ4v) is 9.85. The minimum absolute atomic E-state index is 0.0718. The van der Waals surface area contributed by atoms with Gasteiger partial charge in [-0.05, 0) is 99.9 Å². The Balaban J connectivity index is 1.16. The molecule has 0 fully saturated rings. The first-order chi connectivity index (χ1) is 23.6. The zero-order valence-corrected chi connectivity index (χ0v) is 27.7. The third-order valence-corrected chi connectivity index (χ3v) is 11.9. The van der Waals surface area contributed by atoms with Crippen molar-refractivity contribution in [2.24, 2.45) is 0 Å². The predicted molar refractivity (Wildman–Crippen MR) is 208 cm³/mol. The van der Waals surface area contributed by atoms with Gasteiger partial charge < -0.3 is 0 Å². The summed E-state index contributed by atoms with van der Waals surface area (Å²) in [5.74, 6) is 0. The predicted octanol–water partition coefficient (Wildman–Crippen LogP) is 13.7. The summed E-state index contributed by atoms with van der Waals surface area (Å²) < 4.78 is 1.38. The van der Waals surface area contributed by atoms with Crippen molar-refractivity contribution in [3.63, 3.8) is 0 Å². The SMILES string of the molecule is CC1(C)c2cc(-c3c4ccccc4c(-c4ccc(-c5cccc6ccccc56)cc4)c4ccccc34)ccc2-c2sc3ccccc3c21. The molecule has 226 valence electrons. The van der Waals surface area contributed by atoms with Gasteiger partial charge in [0.15, 0.2) is 0 Å². The van der Waals surface area contributed by atoms with Crippen molar-refractivity contribution >= 4 is 53.7 Å². The Hall–Kier alpha value is -5.50. The molecule has 1 aromatic heterocycles. The molecule has 1 aliphatic rings. The van der Waals surface area contributed by atoms with E-state index in [1.165, 1.54) is 97.4 Å². The number of hydrogen-bond donors (Lipinski definition) is 0. The zero-order chi connectivity index (χ0) is 32.0. The Labute approximate surface area is 284 Å². The highest BCUT2D eigenvalue weighted by Gasteiger charge is 2.39. The van der Waals surface area contributed by atoms with Crippen LogP contribution in [0.1, 0.15) is 25.0 Å². The quantitative estimate of drug-likeness (QED) is 0.171. The second kappa shape index (κ2) is 10.2. The molecule has 0 bridgehead atoms. The molecule has 0 unspecified atom stereocenters. The van der Waals surface area contributed by atoms with E-state index in [1.54, 1.807) is 0 Å². The van der Waals surface area contributed by atoms with Crippen LogP contribution in [0.25, 0.3) is 86.2 Å². The van der Waals surface area contributed by atoms with Crippen molar-refractivity contribution in [2.45, 2.75) is 19.3 Å². The van der Waals surface area contributed by atoms with E-state index in [4.69, 9.17) is 0 Å². The summed E-state index contributed by atoms with van der Waals surface area (Å²) in [4.78, 5) is 1.43. The minimum atomic E-state index is -0.0718. The molecule has 0 radical (unpaired) electrons. The van der Waals surface area contributed by atoms with Crippen LogP contribution in [0.2, 0.25) is 0 Å². The van der Waals surface area contributed by atoms with Crippen molar-refractivity contribution in [1.82, 2.24) is 0 Å². The van der Waals surface area contributed by atoms with Crippen LogP contribution >= 0.6 is 11.3 Å². The number of rotatable bonds is 3. The van der Waals surface area contributed by atoms with Gasteiger partial charge in [0.05, 0.1) is 0 Å². The molecule has 0 spiro atoms. The maximum absolute atomic E-state index is 2.49. The van der Waals surface area contributed by atoms with E-state index in [1.807, 2.05) is 11.3 Å². The Morgan fingerprint density at radius 3 is 1.62 bits per heavy atom. The molecule has 0 nitrogen and oxygen atoms in total. The van der Waals surface area contributed by atoms with Gasteiger partial charge in [0, 0.05) is 15.0 Å². The molecule has 0 aliphatic heterocycles. The average molecular weight is 629 g/mol. The monoisotopic (exact) mass is 628 g/mol. The van der Waals surface area contributed by atoms with Gasteiger partial charge in [0.25, 0.3) is 0 Å². The average Bonchev–Trinajstić information content (AvgIpc) is 3.63. The van der Waals surface area contributed by atoms with Crippen LogP contribution in [0.4, 0.5) is 0 Å². The highest BCUT2D eigenvalue weighted by molar-refractivity contribution is 7.22. The lowest BCUT2D eigenvalue weighted by Crippen LogP contribution is -2.15. The summed E-state index contributed by atoms with van der Waals surface area (Å²) in [6.07, 6.45) is 0. The second-order valence-electron chi connectivity index (χ2n) is 13.6. The Bertz CT molecular complexity index is 2680. The van der Waals surface area contributed by atoms with E-state index >= 15 is 0 Å². The van der Waals surface area contributed by atoms with Crippen LogP contribution < -0.4 is 0 Å². The van der Waals surface area contributed by atoms with Crippen molar-refractivity contribution < 1.29 is 0 Å². The molecular formula is C47H32S. The van der Waals surface area contributed by atoms with Gasteiger partial charge in [0.1, 0.15) is 0 Å². The summed E-state index contributed by atoms with van der Waals surface area (Å²) in [6, 6.07) is 58.6. The van der Waals surface area contributed by atoms with Crippen LogP contribution in [0.5, 0.6) is 0 Å². The Morgan fingerprint density at radius 2 is 0.938 bits per heavy atom. The van der Waals surface area contributed by atoms with Gasteiger partial charge in [0.2, 0.25) is 0 Å². The first kappa shape index (κ1) is 27.6. The molecule has 1 heterocycles. The molecule has 0 saturated heterocycles. The third-order valence-electron chi connectivity index (χ3n) is 10.7. The van der Waals surface area contributed by atoms with E-state index in [-0.39, 0.29) is 5.41 Å². The summed E-state index contributed by atoms with van der Waals surface area (Å²) in [7, 11) is 0. The van der Waals surface area contributed by atoms with Gasteiger partial charge in [-0.2, -0.15) is 0 Å². The van der Waals surface area contributed by atoms with Crippen molar-refractivity contribution in [1.29, 1.82) is 0 Å². The molecule has 0 amide bonds. The largest absolute Gasteiger partial charge is 0.135 e. The fraction of sp³-hybridized carbons (Fsp3) is 0.0638. The Kier molecular flexibility index (Phi) is 5.89. The smallest absolute Gasteiger partial charge is 0.0399 e. The lowest BCUT2D eigenvalue weighted by molar-refractivity contribution is 0.667. The van der Waals surface area contributed by atoms with Gasteiger partial charge in [-0.3, -0.25) is 0 Å². The summed E-state index contributed by atoms with van der Waals surface area (Å²) in [5, 5.41) is 9.11. The van der Waals surface area contributed by atoms with Crippen LogP contribution in [-0.4, -0.2) is 0 Å². The molecule has 1 aliphatic carbocycles. The minimum Gasteiger partial charge on any atom is -0.135 e. The number of hydrogen-bond acceptors (Lipinski definition) is 1. The lowest BCUT2D eigenvalue weighted by atomic mass is 9.79. The molecule has 8 aromatic carbocycles. The first-order valence-corrected chi connectivity index (χ1v) is 17.6. The van der Waals surface area contributed by atoms with E-state index in [0.29, 0.717) is 0 Å².